The summed E-state index contributed by atoms with van der Waals surface area (Å²) in [4.78, 5) is 58.2. The molecular formula is C30H36N4O4. The minimum absolute atomic E-state index is 0.0857. The third-order valence-corrected chi connectivity index (χ3v) is 8.48. The number of aryl methyl sites for hydroxylation is 1. The van der Waals surface area contributed by atoms with Crippen LogP contribution in [0, 0.1) is 12.8 Å². The van der Waals surface area contributed by atoms with Gasteiger partial charge in [-0.15, -0.1) is 0 Å². The maximum atomic E-state index is 13.9. The van der Waals surface area contributed by atoms with Crippen LogP contribution in [-0.2, 0) is 9.59 Å². The molecule has 200 valence electrons. The second kappa shape index (κ2) is 10.6. The van der Waals surface area contributed by atoms with E-state index in [9.17, 15) is 19.2 Å². The van der Waals surface area contributed by atoms with Crippen LogP contribution in [0.5, 0.6) is 0 Å². The van der Waals surface area contributed by atoms with Gasteiger partial charge in [0.2, 0.25) is 5.91 Å². The fraction of sp³-hybridized carbons (Fsp3) is 0.467. The maximum absolute atomic E-state index is 13.9. The number of anilines is 1. The fourth-order valence-corrected chi connectivity index (χ4v) is 6.35. The second-order valence-corrected chi connectivity index (χ2v) is 10.9. The van der Waals surface area contributed by atoms with E-state index in [4.69, 9.17) is 0 Å². The summed E-state index contributed by atoms with van der Waals surface area (Å²) in [5, 5.41) is 3.08. The van der Waals surface area contributed by atoms with E-state index in [1.807, 2.05) is 55.5 Å². The monoisotopic (exact) mass is 516 g/mol. The van der Waals surface area contributed by atoms with Crippen LogP contribution in [0.1, 0.15) is 60.9 Å². The highest BCUT2D eigenvalue weighted by Gasteiger charge is 2.58. The Kier molecular flexibility index (Phi) is 7.23. The number of hydrogen-bond donors (Lipinski definition) is 1. The molecule has 8 nitrogen and oxygen atoms in total. The predicted octanol–water partition coefficient (Wildman–Crippen LogP) is 4.13. The molecule has 3 fully saturated rings. The van der Waals surface area contributed by atoms with Gasteiger partial charge in [-0.05, 0) is 62.8 Å². The number of para-hydroxylation sites is 1. The summed E-state index contributed by atoms with van der Waals surface area (Å²) in [5.74, 6) is -0.471. The fourth-order valence-electron chi connectivity index (χ4n) is 6.35. The van der Waals surface area contributed by atoms with Gasteiger partial charge in [-0.3, -0.25) is 24.2 Å². The van der Waals surface area contributed by atoms with E-state index >= 15 is 0 Å². The number of benzene rings is 2. The Bertz CT molecular complexity index is 1220. The molecule has 0 bridgehead atoms. The highest BCUT2D eigenvalue weighted by molar-refractivity contribution is 6.16. The van der Waals surface area contributed by atoms with E-state index < -0.39 is 11.6 Å². The normalized spacial score (nSPS) is 20.6. The Morgan fingerprint density at radius 2 is 1.63 bits per heavy atom. The molecule has 2 aromatic rings. The van der Waals surface area contributed by atoms with Gasteiger partial charge in [0.1, 0.15) is 11.6 Å². The van der Waals surface area contributed by atoms with Crippen molar-refractivity contribution in [2.24, 2.45) is 5.92 Å². The van der Waals surface area contributed by atoms with Crippen molar-refractivity contribution in [3.63, 3.8) is 0 Å². The van der Waals surface area contributed by atoms with E-state index in [1.165, 1.54) is 11.9 Å². The Morgan fingerprint density at radius 3 is 2.29 bits per heavy atom. The first-order valence-electron chi connectivity index (χ1n) is 13.7. The van der Waals surface area contributed by atoms with Crippen LogP contribution >= 0.6 is 0 Å². The summed E-state index contributed by atoms with van der Waals surface area (Å²) in [6.45, 7) is 2.63. The van der Waals surface area contributed by atoms with Gasteiger partial charge in [0, 0.05) is 31.4 Å². The van der Waals surface area contributed by atoms with Crippen molar-refractivity contribution in [2.45, 2.75) is 63.5 Å². The van der Waals surface area contributed by atoms with Gasteiger partial charge >= 0.3 is 6.03 Å². The number of nitrogens with zero attached hydrogens (tertiary/aromatic N) is 3. The number of hydrogen-bond acceptors (Lipinski definition) is 4. The Balaban J connectivity index is 1.35. The van der Waals surface area contributed by atoms with E-state index in [0.717, 1.165) is 37.7 Å². The Hall–Kier alpha value is -3.68. The number of likely N-dealkylation sites (tertiary alicyclic amines) is 1. The maximum Gasteiger partial charge on any atom is 0.331 e. The van der Waals surface area contributed by atoms with Gasteiger partial charge in [0.15, 0.2) is 0 Å². The van der Waals surface area contributed by atoms with Crippen molar-refractivity contribution in [3.05, 3.63) is 65.7 Å². The summed E-state index contributed by atoms with van der Waals surface area (Å²) >= 11 is 0. The molecule has 0 radical (unpaired) electrons. The van der Waals surface area contributed by atoms with Gasteiger partial charge in [0.25, 0.3) is 11.8 Å². The molecular weight excluding hydrogens is 480 g/mol. The molecule has 5 amide bonds. The van der Waals surface area contributed by atoms with Crippen LogP contribution in [0.15, 0.2) is 54.6 Å². The summed E-state index contributed by atoms with van der Waals surface area (Å²) in [5.41, 5.74) is 1.21. The topological polar surface area (TPSA) is 90.0 Å². The lowest BCUT2D eigenvalue weighted by Crippen LogP contribution is -2.60. The number of amides is 5. The largest absolute Gasteiger partial charge is 0.341 e. The van der Waals surface area contributed by atoms with E-state index in [2.05, 4.69) is 5.32 Å². The summed E-state index contributed by atoms with van der Waals surface area (Å²) in [7, 11) is 1.52. The van der Waals surface area contributed by atoms with Crippen molar-refractivity contribution in [1.29, 1.82) is 0 Å². The van der Waals surface area contributed by atoms with Gasteiger partial charge < -0.3 is 10.2 Å². The molecule has 2 aliphatic heterocycles. The smallest absolute Gasteiger partial charge is 0.331 e. The van der Waals surface area contributed by atoms with Gasteiger partial charge in [-0.25, -0.2) is 4.79 Å². The lowest BCUT2D eigenvalue weighted by atomic mass is 9.81. The molecule has 2 saturated heterocycles. The number of carbonyl (C=O) groups is 4. The quantitative estimate of drug-likeness (QED) is 0.605. The standard InChI is InChI=1S/C30H36N4O4/c1-21-10-9-13-23(20-21)26(35)31-25(22-11-5-3-6-12-22)27(36)33-18-16-30(17-19-33)28(37)32(2)29(38)34(30)24-14-7-4-8-15-24/h4,7-10,13-15,20,22,25H,3,5-6,11-12,16-19H2,1-2H3,(H,31,35)/t25-/m1/s1. The zero-order valence-electron chi connectivity index (χ0n) is 22.2. The summed E-state index contributed by atoms with van der Waals surface area (Å²) in [6.07, 6.45) is 5.76. The Morgan fingerprint density at radius 1 is 0.947 bits per heavy atom. The molecule has 0 unspecified atom stereocenters. The first kappa shape index (κ1) is 25.9. The molecule has 1 saturated carbocycles. The lowest BCUT2D eigenvalue weighted by Gasteiger charge is -2.43. The Labute approximate surface area is 224 Å². The van der Waals surface area contributed by atoms with Crippen molar-refractivity contribution < 1.29 is 19.2 Å². The van der Waals surface area contributed by atoms with Crippen molar-refractivity contribution in [3.8, 4) is 0 Å². The highest BCUT2D eigenvalue weighted by Crippen LogP contribution is 2.40. The molecule has 1 spiro atoms. The second-order valence-electron chi connectivity index (χ2n) is 10.9. The van der Waals surface area contributed by atoms with Gasteiger partial charge in [-0.1, -0.05) is 55.2 Å². The van der Waals surface area contributed by atoms with Crippen LogP contribution in [0.25, 0.3) is 0 Å². The first-order chi connectivity index (χ1) is 18.3. The minimum Gasteiger partial charge on any atom is -0.341 e. The van der Waals surface area contributed by atoms with E-state index in [-0.39, 0.29) is 29.7 Å². The summed E-state index contributed by atoms with van der Waals surface area (Å²) < 4.78 is 0. The van der Waals surface area contributed by atoms with Crippen molar-refractivity contribution in [2.75, 3.05) is 25.0 Å². The number of urea groups is 1. The highest BCUT2D eigenvalue weighted by atomic mass is 16.2. The molecule has 3 aliphatic rings. The molecule has 1 aliphatic carbocycles. The molecule has 2 aromatic carbocycles. The SMILES string of the molecule is Cc1cccc(C(=O)N[C@@H](C(=O)N2CCC3(CC2)C(=O)N(C)C(=O)N3c2ccccc2)C2CCCCC2)c1. The van der Waals surface area contributed by atoms with Crippen LogP contribution < -0.4 is 10.2 Å². The average molecular weight is 517 g/mol. The molecule has 38 heavy (non-hydrogen) atoms. The zero-order valence-corrected chi connectivity index (χ0v) is 22.2. The molecule has 8 heteroatoms. The number of imide groups is 1. The third-order valence-electron chi connectivity index (χ3n) is 8.48. The van der Waals surface area contributed by atoms with E-state index in [0.29, 0.717) is 37.2 Å². The van der Waals surface area contributed by atoms with Crippen LogP contribution in [0.3, 0.4) is 0 Å². The average Bonchev–Trinajstić information content (AvgIpc) is 3.13. The van der Waals surface area contributed by atoms with Gasteiger partial charge in [-0.2, -0.15) is 0 Å². The van der Waals surface area contributed by atoms with Gasteiger partial charge in [0.05, 0.1) is 0 Å². The molecule has 5 rings (SSSR count). The zero-order chi connectivity index (χ0) is 26.9. The number of likely N-dealkylation sites (N-methyl/N-ethyl adjacent to an activating group) is 1. The summed E-state index contributed by atoms with van der Waals surface area (Å²) in [6, 6.07) is 15.7. The van der Waals surface area contributed by atoms with Crippen LogP contribution in [0.2, 0.25) is 0 Å². The third kappa shape index (κ3) is 4.68. The van der Waals surface area contributed by atoms with Crippen molar-refractivity contribution >= 4 is 29.4 Å². The molecule has 2 heterocycles. The molecule has 1 atom stereocenters. The van der Waals surface area contributed by atoms with Crippen LogP contribution in [0.4, 0.5) is 10.5 Å². The number of nitrogens with one attached hydrogen (secondary N) is 1. The first-order valence-corrected chi connectivity index (χ1v) is 13.7. The minimum atomic E-state index is -1.00. The number of rotatable bonds is 5. The van der Waals surface area contributed by atoms with E-state index in [1.54, 1.807) is 15.9 Å². The lowest BCUT2D eigenvalue weighted by molar-refractivity contribution is -0.140. The number of piperidine rings is 1. The predicted molar refractivity (Wildman–Crippen MR) is 145 cm³/mol. The van der Waals surface area contributed by atoms with Crippen LogP contribution in [-0.4, -0.2) is 65.3 Å². The number of carbonyl (C=O) groups excluding carboxylic acids is 4. The molecule has 0 aromatic heterocycles. The van der Waals surface area contributed by atoms with Crippen molar-refractivity contribution in [1.82, 2.24) is 15.1 Å². The molecule has 1 N–H and O–H groups in total.